The minimum Gasteiger partial charge on any atom is -0.359 e. The van der Waals surface area contributed by atoms with Crippen molar-refractivity contribution in [2.24, 2.45) is 11.8 Å². The zero-order chi connectivity index (χ0) is 14.1. The number of nitrogens with zero attached hydrogens (tertiary/aromatic N) is 2. The first-order valence-corrected chi connectivity index (χ1v) is 7.43. The van der Waals surface area contributed by atoms with Crippen LogP contribution in [0.1, 0.15) is 18.9 Å². The van der Waals surface area contributed by atoms with Crippen molar-refractivity contribution in [1.29, 1.82) is 0 Å². The first-order chi connectivity index (χ1) is 9.69. The van der Waals surface area contributed by atoms with E-state index in [1.54, 1.807) is 0 Å². The zero-order valence-corrected chi connectivity index (χ0v) is 12.6. The average molecular weight is 269 g/mol. The summed E-state index contributed by atoms with van der Waals surface area (Å²) in [5.41, 5.74) is 2.36. The molecule has 2 aromatic rings. The molecule has 1 aromatic carbocycles. The van der Waals surface area contributed by atoms with Crippen LogP contribution in [0.15, 0.2) is 30.3 Å². The average Bonchev–Trinajstić information content (AvgIpc) is 3.13. The van der Waals surface area contributed by atoms with Crippen LogP contribution in [-0.4, -0.2) is 25.6 Å². The monoisotopic (exact) mass is 269 g/mol. The van der Waals surface area contributed by atoms with Gasteiger partial charge >= 0.3 is 0 Å². The van der Waals surface area contributed by atoms with E-state index >= 15 is 0 Å². The van der Waals surface area contributed by atoms with Gasteiger partial charge in [-0.1, -0.05) is 25.1 Å². The van der Waals surface area contributed by atoms with Gasteiger partial charge < -0.3 is 10.2 Å². The summed E-state index contributed by atoms with van der Waals surface area (Å²) in [5.74, 6) is 2.85. The minimum absolute atomic E-state index is 0.843. The third-order valence-corrected chi connectivity index (χ3v) is 4.29. The van der Waals surface area contributed by atoms with E-state index in [0.717, 1.165) is 36.3 Å². The van der Waals surface area contributed by atoms with Crippen molar-refractivity contribution < 1.29 is 0 Å². The van der Waals surface area contributed by atoms with Crippen molar-refractivity contribution >= 4 is 16.7 Å². The molecule has 2 unspecified atom stereocenters. The van der Waals surface area contributed by atoms with Crippen molar-refractivity contribution in [2.45, 2.75) is 19.9 Å². The Bertz CT molecular complexity index is 608. The van der Waals surface area contributed by atoms with Gasteiger partial charge in [0.15, 0.2) is 0 Å². The third kappa shape index (κ3) is 2.63. The van der Waals surface area contributed by atoms with Crippen LogP contribution in [0.25, 0.3) is 10.9 Å². The van der Waals surface area contributed by atoms with Crippen LogP contribution in [0, 0.1) is 11.8 Å². The molecule has 3 nitrogen and oxygen atoms in total. The van der Waals surface area contributed by atoms with Crippen molar-refractivity contribution in [3.8, 4) is 0 Å². The van der Waals surface area contributed by atoms with Crippen molar-refractivity contribution in [1.82, 2.24) is 10.3 Å². The van der Waals surface area contributed by atoms with Crippen LogP contribution in [0.4, 0.5) is 5.82 Å². The van der Waals surface area contributed by atoms with Crippen LogP contribution in [0.5, 0.6) is 0 Å². The summed E-state index contributed by atoms with van der Waals surface area (Å²) in [6.45, 7) is 4.31. The Morgan fingerprint density at radius 3 is 2.80 bits per heavy atom. The molecule has 20 heavy (non-hydrogen) atoms. The number of anilines is 1. The Kier molecular flexibility index (Phi) is 3.62. The predicted octanol–water partition coefficient (Wildman–Crippen LogP) is 3.05. The molecular formula is C17H23N3. The van der Waals surface area contributed by atoms with Gasteiger partial charge in [0, 0.05) is 31.1 Å². The number of nitrogens with one attached hydrogen (secondary N) is 1. The molecule has 1 heterocycles. The lowest BCUT2D eigenvalue weighted by atomic mass is 10.1. The molecule has 3 rings (SSSR count). The van der Waals surface area contributed by atoms with E-state index in [-0.39, 0.29) is 0 Å². The number of hydrogen-bond donors (Lipinski definition) is 1. The summed E-state index contributed by atoms with van der Waals surface area (Å²) in [6, 6.07) is 10.6. The van der Waals surface area contributed by atoms with E-state index in [2.05, 4.69) is 54.5 Å². The number of fused-ring (bicyclic) bond motifs is 1. The van der Waals surface area contributed by atoms with E-state index in [0.29, 0.717) is 0 Å². The van der Waals surface area contributed by atoms with Gasteiger partial charge in [-0.3, -0.25) is 0 Å². The fraction of sp³-hybridized carbons (Fsp3) is 0.471. The van der Waals surface area contributed by atoms with Gasteiger partial charge in [0.25, 0.3) is 0 Å². The summed E-state index contributed by atoms with van der Waals surface area (Å²) in [7, 11) is 4.16. The first-order valence-electron chi connectivity index (χ1n) is 7.43. The Hall–Kier alpha value is -1.61. The van der Waals surface area contributed by atoms with E-state index in [1.807, 2.05) is 7.05 Å². The minimum atomic E-state index is 0.843. The quantitative estimate of drug-likeness (QED) is 0.904. The lowest BCUT2D eigenvalue weighted by molar-refractivity contribution is 0.713. The van der Waals surface area contributed by atoms with Gasteiger partial charge in [0.2, 0.25) is 0 Å². The van der Waals surface area contributed by atoms with Crippen molar-refractivity contribution in [3.63, 3.8) is 0 Å². The molecule has 0 aliphatic heterocycles. The number of aromatic nitrogens is 1. The highest BCUT2D eigenvalue weighted by Gasteiger charge is 2.33. The highest BCUT2D eigenvalue weighted by atomic mass is 15.2. The summed E-state index contributed by atoms with van der Waals surface area (Å²) < 4.78 is 0. The number of para-hydroxylation sites is 1. The number of hydrogen-bond acceptors (Lipinski definition) is 3. The molecule has 1 fully saturated rings. The fourth-order valence-electron chi connectivity index (χ4n) is 2.89. The van der Waals surface area contributed by atoms with Gasteiger partial charge in [-0.15, -0.1) is 0 Å². The number of pyridine rings is 1. The molecule has 3 heteroatoms. The Morgan fingerprint density at radius 2 is 2.10 bits per heavy atom. The molecule has 2 atom stereocenters. The maximum atomic E-state index is 4.89. The summed E-state index contributed by atoms with van der Waals surface area (Å²) in [4.78, 5) is 7.21. The molecule has 1 aromatic heterocycles. The van der Waals surface area contributed by atoms with Gasteiger partial charge in [-0.25, -0.2) is 4.98 Å². The molecule has 0 radical (unpaired) electrons. The fourth-order valence-corrected chi connectivity index (χ4v) is 2.89. The molecular weight excluding hydrogens is 246 g/mol. The second kappa shape index (κ2) is 5.41. The lowest BCUT2D eigenvalue weighted by Crippen LogP contribution is -2.24. The molecule has 0 amide bonds. The molecule has 1 saturated carbocycles. The van der Waals surface area contributed by atoms with Gasteiger partial charge in [-0.05, 0) is 37.4 Å². The molecule has 106 valence electrons. The van der Waals surface area contributed by atoms with Crippen LogP contribution in [0.2, 0.25) is 0 Å². The highest BCUT2D eigenvalue weighted by Crippen LogP contribution is 2.39. The summed E-state index contributed by atoms with van der Waals surface area (Å²) >= 11 is 0. The number of rotatable bonds is 5. The first kappa shape index (κ1) is 13.4. The molecule has 0 bridgehead atoms. The summed E-state index contributed by atoms with van der Waals surface area (Å²) in [6.07, 6.45) is 1.36. The standard InChI is InChI=1S/C17H23N3/c1-12-8-15(12)11-20(3)17-14(10-18-2)9-13-6-4-5-7-16(13)19-17/h4-7,9,12,15,18H,8,10-11H2,1-3H3. The number of benzene rings is 1. The second-order valence-electron chi connectivity index (χ2n) is 6.05. The smallest absolute Gasteiger partial charge is 0.133 e. The molecule has 1 aliphatic rings. The second-order valence-corrected chi connectivity index (χ2v) is 6.05. The third-order valence-electron chi connectivity index (χ3n) is 4.29. The lowest BCUT2D eigenvalue weighted by Gasteiger charge is -2.22. The van der Waals surface area contributed by atoms with E-state index in [9.17, 15) is 0 Å². The maximum Gasteiger partial charge on any atom is 0.133 e. The van der Waals surface area contributed by atoms with Crippen LogP contribution < -0.4 is 10.2 Å². The topological polar surface area (TPSA) is 28.2 Å². The SMILES string of the molecule is CNCc1cc2ccccc2nc1N(C)CC1CC1C. The van der Waals surface area contributed by atoms with Gasteiger partial charge in [-0.2, -0.15) is 0 Å². The van der Waals surface area contributed by atoms with E-state index < -0.39 is 0 Å². The highest BCUT2D eigenvalue weighted by molar-refractivity contribution is 5.81. The zero-order valence-electron chi connectivity index (χ0n) is 12.6. The Morgan fingerprint density at radius 1 is 1.35 bits per heavy atom. The summed E-state index contributed by atoms with van der Waals surface area (Å²) in [5, 5.41) is 4.47. The normalized spacial score (nSPS) is 21.1. The van der Waals surface area contributed by atoms with Crippen molar-refractivity contribution in [2.75, 3.05) is 25.5 Å². The Labute approximate surface area is 121 Å². The predicted molar refractivity (Wildman–Crippen MR) is 85.0 cm³/mol. The van der Waals surface area contributed by atoms with Gasteiger partial charge in [0.1, 0.15) is 5.82 Å². The largest absolute Gasteiger partial charge is 0.359 e. The van der Waals surface area contributed by atoms with Crippen molar-refractivity contribution in [3.05, 3.63) is 35.9 Å². The van der Waals surface area contributed by atoms with Crippen LogP contribution >= 0.6 is 0 Å². The molecule has 1 N–H and O–H groups in total. The van der Waals surface area contributed by atoms with E-state index in [1.165, 1.54) is 17.4 Å². The van der Waals surface area contributed by atoms with Gasteiger partial charge in [0.05, 0.1) is 5.52 Å². The molecule has 1 aliphatic carbocycles. The van der Waals surface area contributed by atoms with E-state index in [4.69, 9.17) is 4.98 Å². The van der Waals surface area contributed by atoms with Crippen LogP contribution in [-0.2, 0) is 6.54 Å². The maximum absolute atomic E-state index is 4.89. The van der Waals surface area contributed by atoms with Crippen LogP contribution in [0.3, 0.4) is 0 Å². The molecule has 0 saturated heterocycles. The molecule has 0 spiro atoms. The Balaban J connectivity index is 1.95.